The second kappa shape index (κ2) is 10.9. The molecule has 0 radical (unpaired) electrons. The van der Waals surface area contributed by atoms with E-state index in [4.69, 9.17) is 9.47 Å². The minimum absolute atomic E-state index is 0. The number of guanidine groups is 1. The molecular formula is C20H23IN4O2S. The summed E-state index contributed by atoms with van der Waals surface area (Å²) in [5.74, 6) is 1.99. The molecule has 0 bridgehead atoms. The Kier molecular flexibility index (Phi) is 8.52. The molecule has 0 saturated carbocycles. The van der Waals surface area contributed by atoms with E-state index in [0.29, 0.717) is 24.0 Å². The predicted molar refractivity (Wildman–Crippen MR) is 126 cm³/mol. The van der Waals surface area contributed by atoms with Gasteiger partial charge in [0.05, 0.1) is 26.5 Å². The average molecular weight is 510 g/mol. The summed E-state index contributed by atoms with van der Waals surface area (Å²) < 4.78 is 10.6. The number of methoxy groups -OCH3 is 2. The number of ether oxygens (including phenoxy) is 2. The van der Waals surface area contributed by atoms with Gasteiger partial charge in [-0.25, -0.2) is 4.98 Å². The monoisotopic (exact) mass is 510 g/mol. The molecule has 0 unspecified atom stereocenters. The SMILES string of the molecule is CN=C(NCc1csc(-c2ccccc2)n1)Nc1ccc(OC)c(OC)c1.I. The van der Waals surface area contributed by atoms with Crippen molar-refractivity contribution in [3.63, 3.8) is 0 Å². The van der Waals surface area contributed by atoms with E-state index in [9.17, 15) is 0 Å². The Morgan fingerprint density at radius 2 is 1.82 bits per heavy atom. The van der Waals surface area contributed by atoms with Gasteiger partial charge in [-0.1, -0.05) is 30.3 Å². The second-order valence-corrected chi connectivity index (χ2v) is 6.49. The lowest BCUT2D eigenvalue weighted by Gasteiger charge is -2.13. The first-order valence-electron chi connectivity index (χ1n) is 8.43. The minimum Gasteiger partial charge on any atom is -0.493 e. The number of rotatable bonds is 6. The Bertz CT molecular complexity index is 916. The fraction of sp³-hybridized carbons (Fsp3) is 0.200. The molecule has 8 heteroatoms. The maximum absolute atomic E-state index is 5.33. The van der Waals surface area contributed by atoms with Crippen LogP contribution in [0.15, 0.2) is 58.9 Å². The topological polar surface area (TPSA) is 67.8 Å². The molecule has 0 aliphatic rings. The highest BCUT2D eigenvalue weighted by Crippen LogP contribution is 2.29. The molecule has 0 fully saturated rings. The molecule has 0 spiro atoms. The van der Waals surface area contributed by atoms with E-state index in [1.165, 1.54) is 0 Å². The highest BCUT2D eigenvalue weighted by atomic mass is 127. The summed E-state index contributed by atoms with van der Waals surface area (Å²) in [6.45, 7) is 0.580. The number of nitrogens with zero attached hydrogens (tertiary/aromatic N) is 2. The van der Waals surface area contributed by atoms with Gasteiger partial charge in [-0.15, -0.1) is 35.3 Å². The van der Waals surface area contributed by atoms with Crippen LogP contribution in [0.1, 0.15) is 5.69 Å². The fourth-order valence-electron chi connectivity index (χ4n) is 2.51. The standard InChI is InChI=1S/C20H22N4O2S.HI/c1-21-20(24-15-9-10-17(25-2)18(11-15)26-3)22-12-16-13-27-19(23-16)14-7-5-4-6-8-14;/h4-11,13H,12H2,1-3H3,(H2,21,22,24);1H. The van der Waals surface area contributed by atoms with E-state index in [1.807, 2.05) is 36.4 Å². The number of aliphatic imine (C=N–C) groups is 1. The van der Waals surface area contributed by atoms with Gasteiger partial charge in [-0.3, -0.25) is 4.99 Å². The van der Waals surface area contributed by atoms with Crippen LogP contribution in [0.3, 0.4) is 0 Å². The van der Waals surface area contributed by atoms with Crippen LogP contribution in [0.5, 0.6) is 11.5 Å². The Morgan fingerprint density at radius 3 is 2.50 bits per heavy atom. The van der Waals surface area contributed by atoms with Gasteiger partial charge >= 0.3 is 0 Å². The van der Waals surface area contributed by atoms with E-state index < -0.39 is 0 Å². The quantitative estimate of drug-likeness (QED) is 0.288. The third-order valence-corrected chi connectivity index (χ3v) is 4.82. The van der Waals surface area contributed by atoms with Crippen LogP contribution in [0.4, 0.5) is 5.69 Å². The van der Waals surface area contributed by atoms with E-state index in [1.54, 1.807) is 32.6 Å². The maximum atomic E-state index is 5.33. The molecule has 3 rings (SSSR count). The van der Waals surface area contributed by atoms with Gasteiger partial charge in [0.1, 0.15) is 5.01 Å². The highest BCUT2D eigenvalue weighted by molar-refractivity contribution is 14.0. The molecule has 148 valence electrons. The highest BCUT2D eigenvalue weighted by Gasteiger charge is 2.08. The van der Waals surface area contributed by atoms with Crippen molar-refractivity contribution in [2.24, 2.45) is 4.99 Å². The number of hydrogen-bond acceptors (Lipinski definition) is 5. The number of benzene rings is 2. The molecule has 0 atom stereocenters. The Hall–Kier alpha value is -2.33. The van der Waals surface area contributed by atoms with Crippen LogP contribution >= 0.6 is 35.3 Å². The van der Waals surface area contributed by atoms with Crippen LogP contribution in [0.25, 0.3) is 10.6 Å². The first-order valence-corrected chi connectivity index (χ1v) is 9.31. The number of thiazole rings is 1. The summed E-state index contributed by atoms with van der Waals surface area (Å²) in [6.07, 6.45) is 0. The van der Waals surface area contributed by atoms with Crippen molar-refractivity contribution in [2.45, 2.75) is 6.54 Å². The van der Waals surface area contributed by atoms with Gasteiger partial charge in [0.2, 0.25) is 0 Å². The Balaban J connectivity index is 0.00000280. The summed E-state index contributed by atoms with van der Waals surface area (Å²) in [7, 11) is 4.96. The van der Waals surface area contributed by atoms with Crippen molar-refractivity contribution in [1.29, 1.82) is 0 Å². The van der Waals surface area contributed by atoms with E-state index >= 15 is 0 Å². The molecule has 1 heterocycles. The zero-order chi connectivity index (χ0) is 19.1. The minimum atomic E-state index is 0. The lowest BCUT2D eigenvalue weighted by Crippen LogP contribution is -2.30. The third kappa shape index (κ3) is 5.59. The molecule has 28 heavy (non-hydrogen) atoms. The fourth-order valence-corrected chi connectivity index (χ4v) is 3.33. The molecule has 1 aromatic heterocycles. The lowest BCUT2D eigenvalue weighted by molar-refractivity contribution is 0.355. The van der Waals surface area contributed by atoms with Crippen molar-refractivity contribution in [3.8, 4) is 22.1 Å². The third-order valence-electron chi connectivity index (χ3n) is 3.88. The van der Waals surface area contributed by atoms with E-state index in [0.717, 1.165) is 22.0 Å². The summed E-state index contributed by atoms with van der Waals surface area (Å²) in [6, 6.07) is 15.8. The van der Waals surface area contributed by atoms with Gasteiger partial charge < -0.3 is 20.1 Å². The van der Waals surface area contributed by atoms with Crippen LogP contribution in [0, 0.1) is 0 Å². The second-order valence-electron chi connectivity index (χ2n) is 5.63. The molecule has 0 saturated heterocycles. The molecular weight excluding hydrogens is 487 g/mol. The summed E-state index contributed by atoms with van der Waals surface area (Å²) >= 11 is 1.63. The van der Waals surface area contributed by atoms with Crippen LogP contribution in [0.2, 0.25) is 0 Å². The maximum Gasteiger partial charge on any atom is 0.195 e. The zero-order valence-electron chi connectivity index (χ0n) is 15.9. The Labute approximate surface area is 186 Å². The van der Waals surface area contributed by atoms with E-state index in [2.05, 4.69) is 38.1 Å². The van der Waals surface area contributed by atoms with Crippen molar-refractivity contribution < 1.29 is 9.47 Å². The van der Waals surface area contributed by atoms with Crippen molar-refractivity contribution in [3.05, 3.63) is 59.6 Å². The molecule has 0 amide bonds. The van der Waals surface area contributed by atoms with Gasteiger partial charge in [0.15, 0.2) is 17.5 Å². The van der Waals surface area contributed by atoms with Gasteiger partial charge in [0.25, 0.3) is 0 Å². The number of aromatic nitrogens is 1. The Morgan fingerprint density at radius 1 is 1.07 bits per heavy atom. The number of nitrogens with one attached hydrogen (secondary N) is 2. The summed E-state index contributed by atoms with van der Waals surface area (Å²) in [5, 5.41) is 9.58. The van der Waals surface area contributed by atoms with Crippen molar-refractivity contribution in [2.75, 3.05) is 26.6 Å². The van der Waals surface area contributed by atoms with Crippen molar-refractivity contribution >= 4 is 47.0 Å². The number of anilines is 1. The van der Waals surface area contributed by atoms with E-state index in [-0.39, 0.29) is 24.0 Å². The summed E-state index contributed by atoms with van der Waals surface area (Å²) in [4.78, 5) is 8.94. The largest absolute Gasteiger partial charge is 0.493 e. The first-order chi connectivity index (χ1) is 13.2. The van der Waals surface area contributed by atoms with Crippen LogP contribution in [-0.2, 0) is 6.54 Å². The van der Waals surface area contributed by atoms with Crippen molar-refractivity contribution in [1.82, 2.24) is 10.3 Å². The van der Waals surface area contributed by atoms with Gasteiger partial charge in [0, 0.05) is 29.7 Å². The normalized spacial score (nSPS) is 10.8. The average Bonchev–Trinajstić information content (AvgIpc) is 3.20. The summed E-state index contributed by atoms with van der Waals surface area (Å²) in [5.41, 5.74) is 2.94. The zero-order valence-corrected chi connectivity index (χ0v) is 19.1. The predicted octanol–water partition coefficient (Wildman–Crippen LogP) is 4.63. The van der Waals surface area contributed by atoms with Crippen LogP contribution < -0.4 is 20.1 Å². The molecule has 0 aliphatic heterocycles. The van der Waals surface area contributed by atoms with Gasteiger partial charge in [-0.2, -0.15) is 0 Å². The smallest absolute Gasteiger partial charge is 0.195 e. The molecule has 2 aromatic carbocycles. The first kappa shape index (κ1) is 22.0. The molecule has 0 aliphatic carbocycles. The number of hydrogen-bond donors (Lipinski definition) is 2. The number of halogens is 1. The molecule has 3 aromatic rings. The van der Waals surface area contributed by atoms with Gasteiger partial charge in [-0.05, 0) is 12.1 Å². The molecule has 6 nitrogen and oxygen atoms in total. The molecule has 2 N–H and O–H groups in total. The van der Waals surface area contributed by atoms with Crippen LogP contribution in [-0.4, -0.2) is 32.2 Å². The lowest BCUT2D eigenvalue weighted by atomic mass is 10.2.